The van der Waals surface area contributed by atoms with Gasteiger partial charge in [0.25, 0.3) is 0 Å². The number of benzene rings is 7. The molecule has 0 saturated heterocycles. The van der Waals surface area contributed by atoms with E-state index in [2.05, 4.69) is 77.6 Å². The highest BCUT2D eigenvalue weighted by Gasteiger charge is 2.18. The molecule has 1 aliphatic rings. The van der Waals surface area contributed by atoms with E-state index in [9.17, 15) is 4.79 Å². The van der Waals surface area contributed by atoms with Crippen LogP contribution in [-0.4, -0.2) is 19.1 Å². The molecule has 0 unspecified atom stereocenters. The smallest absolute Gasteiger partial charge is 0.343 e. The number of anilines is 2. The molecule has 0 bridgehead atoms. The summed E-state index contributed by atoms with van der Waals surface area (Å²) >= 11 is 0. The van der Waals surface area contributed by atoms with Crippen LogP contribution >= 0.6 is 0 Å². The fourth-order valence-corrected chi connectivity index (χ4v) is 7.78. The number of carbonyl (C=O) groups is 1. The molecule has 0 aliphatic carbocycles. The van der Waals surface area contributed by atoms with Crippen molar-refractivity contribution in [3.63, 3.8) is 0 Å². The number of aryl methyl sites for hydroxylation is 3. The van der Waals surface area contributed by atoms with Crippen LogP contribution in [0, 0.1) is 6.92 Å². The molecule has 1 heterocycles. The second kappa shape index (κ2) is 17.6. The zero-order valence-corrected chi connectivity index (χ0v) is 33.4. The summed E-state index contributed by atoms with van der Waals surface area (Å²) in [5.74, 6) is 0.103. The molecule has 8 heteroatoms. The summed E-state index contributed by atoms with van der Waals surface area (Å²) in [6, 6.07) is 43.7. The van der Waals surface area contributed by atoms with Crippen LogP contribution in [0.1, 0.15) is 65.7 Å². The first-order valence-corrected chi connectivity index (χ1v) is 20.4. The van der Waals surface area contributed by atoms with E-state index < -0.39 is 5.97 Å². The summed E-state index contributed by atoms with van der Waals surface area (Å²) < 4.78 is 5.57. The van der Waals surface area contributed by atoms with Gasteiger partial charge in [0.1, 0.15) is 5.75 Å². The first-order valence-electron chi connectivity index (χ1n) is 20.4. The molecule has 8 nitrogen and oxygen atoms in total. The lowest BCUT2D eigenvalue weighted by atomic mass is 9.95. The fourth-order valence-electron chi connectivity index (χ4n) is 7.78. The molecule has 1 aliphatic heterocycles. The van der Waals surface area contributed by atoms with Gasteiger partial charge in [-0.1, -0.05) is 87.0 Å². The number of hydrogen-bond acceptors (Lipinski definition) is 8. The topological polar surface area (TPSA) is 91.0 Å². The highest BCUT2D eigenvalue weighted by molar-refractivity contribution is 6.02. The van der Waals surface area contributed by atoms with Gasteiger partial charge in [-0.15, -0.1) is 15.3 Å². The number of nitrogens with zero attached hydrogens (tertiary/aromatic N) is 5. The molecule has 7 aromatic rings. The monoisotopic (exact) mass is 764 g/mol. The summed E-state index contributed by atoms with van der Waals surface area (Å²) in [6.07, 6.45) is 5.57. The summed E-state index contributed by atoms with van der Waals surface area (Å²) in [5.41, 5.74) is 11.1. The van der Waals surface area contributed by atoms with Crippen molar-refractivity contribution in [2.24, 2.45) is 20.5 Å². The molecule has 58 heavy (non-hydrogen) atoms. The largest absolute Gasteiger partial charge is 0.423 e. The van der Waals surface area contributed by atoms with Gasteiger partial charge in [0, 0.05) is 52.6 Å². The Hall–Kier alpha value is -6.67. The zero-order valence-electron chi connectivity index (χ0n) is 33.4. The average Bonchev–Trinajstić information content (AvgIpc) is 3.26. The third kappa shape index (κ3) is 8.51. The molecule has 8 rings (SSSR count). The van der Waals surface area contributed by atoms with Gasteiger partial charge in [-0.25, -0.2) is 4.79 Å². The van der Waals surface area contributed by atoms with Crippen molar-refractivity contribution in [1.82, 2.24) is 0 Å². The maximum atomic E-state index is 12.8. The summed E-state index contributed by atoms with van der Waals surface area (Å²) in [6.45, 7) is 9.64. The van der Waals surface area contributed by atoms with Crippen molar-refractivity contribution < 1.29 is 9.53 Å². The highest BCUT2D eigenvalue weighted by atomic mass is 16.5. The molecule has 7 aromatic carbocycles. The Kier molecular flexibility index (Phi) is 11.6. The molecule has 1 N–H and O–H groups in total. The number of azo groups is 2. The molecule has 0 amide bonds. The van der Waals surface area contributed by atoms with E-state index >= 15 is 0 Å². The number of ether oxygens (including phenoxy) is 1. The summed E-state index contributed by atoms with van der Waals surface area (Å²) in [5, 5.41) is 26.3. The summed E-state index contributed by atoms with van der Waals surface area (Å²) in [4.78, 5) is 15.3. The number of fused-ring (bicyclic) bond motifs is 3. The minimum absolute atomic E-state index is 0.419. The van der Waals surface area contributed by atoms with Crippen LogP contribution < -0.4 is 15.0 Å². The van der Waals surface area contributed by atoms with E-state index in [1.165, 1.54) is 34.4 Å². The van der Waals surface area contributed by atoms with Crippen molar-refractivity contribution >= 4 is 61.6 Å². The van der Waals surface area contributed by atoms with Crippen LogP contribution in [0.2, 0.25) is 0 Å². The standard InChI is InChI=1S/C50H48N6O2/c1-4-11-35-17-23-40(24-18-35)58-50(57)36-19-21-39(22-20-36)52-53-46-27-28-48(44-16-9-8-15-43(44)46)55-54-47-26-25-45(41-13-6-7-14-42(41)47)51-33-38-32-37-12-10-30-56(29-5-2)49(37)31-34(38)3/h6-9,13-28,31-32,51H,4-5,10-12,29-30,33H2,1-3H3. The number of hydrogen-bond donors (Lipinski definition) is 1. The SMILES string of the molecule is CCCc1ccc(OC(=O)c2ccc(N=Nc3ccc(N=Nc4ccc(NCc5cc6c(cc5C)N(CCC)CCC6)c5ccccc45)c4ccccc34)cc2)cc1. The average molecular weight is 765 g/mol. The predicted molar refractivity (Wildman–Crippen MR) is 237 cm³/mol. The Labute approximate surface area is 340 Å². The minimum atomic E-state index is -0.419. The van der Waals surface area contributed by atoms with E-state index in [0.29, 0.717) is 22.7 Å². The molecule has 0 spiro atoms. The molecule has 0 fully saturated rings. The molecular formula is C50H48N6O2. The lowest BCUT2D eigenvalue weighted by Gasteiger charge is -2.32. The van der Waals surface area contributed by atoms with Gasteiger partial charge in [0.15, 0.2) is 0 Å². The lowest BCUT2D eigenvalue weighted by molar-refractivity contribution is 0.0734. The van der Waals surface area contributed by atoms with Gasteiger partial charge in [0.05, 0.1) is 28.3 Å². The van der Waals surface area contributed by atoms with E-state index in [0.717, 1.165) is 83.9 Å². The second-order valence-electron chi connectivity index (χ2n) is 14.9. The van der Waals surface area contributed by atoms with Crippen LogP contribution in [0.4, 0.5) is 34.1 Å². The van der Waals surface area contributed by atoms with Crippen molar-refractivity contribution in [2.45, 2.75) is 59.4 Å². The van der Waals surface area contributed by atoms with Crippen LogP contribution in [-0.2, 0) is 19.4 Å². The quantitative estimate of drug-likeness (QED) is 0.0719. The van der Waals surface area contributed by atoms with Gasteiger partial charge in [-0.2, -0.15) is 5.11 Å². The number of nitrogens with one attached hydrogen (secondary N) is 1. The van der Waals surface area contributed by atoms with Crippen molar-refractivity contribution in [3.05, 3.63) is 161 Å². The van der Waals surface area contributed by atoms with E-state index in [4.69, 9.17) is 15.0 Å². The van der Waals surface area contributed by atoms with Gasteiger partial charge in [-0.3, -0.25) is 0 Å². The Balaban J connectivity index is 0.969. The molecule has 0 aromatic heterocycles. The third-order valence-electron chi connectivity index (χ3n) is 10.8. The highest BCUT2D eigenvalue weighted by Crippen LogP contribution is 2.38. The molecule has 0 atom stereocenters. The van der Waals surface area contributed by atoms with Gasteiger partial charge >= 0.3 is 5.97 Å². The van der Waals surface area contributed by atoms with Crippen molar-refractivity contribution in [1.29, 1.82) is 0 Å². The van der Waals surface area contributed by atoms with E-state index in [1.54, 1.807) is 24.3 Å². The number of esters is 1. The Bertz CT molecular complexity index is 2630. The Morgan fingerprint density at radius 2 is 1.31 bits per heavy atom. The third-order valence-corrected chi connectivity index (χ3v) is 10.8. The van der Waals surface area contributed by atoms with Crippen LogP contribution in [0.3, 0.4) is 0 Å². The first-order chi connectivity index (χ1) is 28.5. The first kappa shape index (κ1) is 38.2. The van der Waals surface area contributed by atoms with Gasteiger partial charge in [-0.05, 0) is 122 Å². The summed E-state index contributed by atoms with van der Waals surface area (Å²) in [7, 11) is 0. The van der Waals surface area contributed by atoms with Gasteiger partial charge in [0.2, 0.25) is 0 Å². The Morgan fingerprint density at radius 3 is 1.97 bits per heavy atom. The van der Waals surface area contributed by atoms with Crippen molar-refractivity contribution in [2.75, 3.05) is 23.3 Å². The fraction of sp³-hybridized carbons (Fsp3) is 0.220. The predicted octanol–water partition coefficient (Wildman–Crippen LogP) is 14.1. The second-order valence-corrected chi connectivity index (χ2v) is 14.9. The maximum absolute atomic E-state index is 12.8. The van der Waals surface area contributed by atoms with Crippen LogP contribution in [0.25, 0.3) is 21.5 Å². The number of rotatable bonds is 13. The Morgan fingerprint density at radius 1 is 0.690 bits per heavy atom. The van der Waals surface area contributed by atoms with E-state index in [-0.39, 0.29) is 0 Å². The van der Waals surface area contributed by atoms with Gasteiger partial charge < -0.3 is 15.0 Å². The normalized spacial score (nSPS) is 12.8. The lowest BCUT2D eigenvalue weighted by Crippen LogP contribution is -2.30. The van der Waals surface area contributed by atoms with Crippen LogP contribution in [0.15, 0.2) is 154 Å². The zero-order chi connectivity index (χ0) is 39.8. The molecular weight excluding hydrogens is 717 g/mol. The van der Waals surface area contributed by atoms with Crippen molar-refractivity contribution in [3.8, 4) is 5.75 Å². The molecule has 290 valence electrons. The molecule has 0 saturated carbocycles. The minimum Gasteiger partial charge on any atom is -0.423 e. The maximum Gasteiger partial charge on any atom is 0.343 e. The number of carbonyl (C=O) groups excluding carboxylic acids is 1. The van der Waals surface area contributed by atoms with E-state index in [1.807, 2.05) is 72.8 Å². The molecule has 0 radical (unpaired) electrons. The van der Waals surface area contributed by atoms with Crippen LogP contribution in [0.5, 0.6) is 5.75 Å².